The smallest absolute Gasteiger partial charge is 0.260 e. The molecule has 28 heavy (non-hydrogen) atoms. The molecule has 0 aliphatic carbocycles. The molecule has 0 saturated carbocycles. The minimum Gasteiger partial charge on any atom is -0.494 e. The van der Waals surface area contributed by atoms with Gasteiger partial charge in [0, 0.05) is 22.5 Å². The molecule has 1 unspecified atom stereocenters. The summed E-state index contributed by atoms with van der Waals surface area (Å²) in [6.45, 7) is 6.77. The fourth-order valence-corrected chi connectivity index (χ4v) is 3.65. The van der Waals surface area contributed by atoms with Crippen LogP contribution in [0.2, 0.25) is 0 Å². The first kappa shape index (κ1) is 18.1. The normalized spacial score (nSPS) is 15.5. The molecule has 0 radical (unpaired) electrons. The van der Waals surface area contributed by atoms with Crippen molar-refractivity contribution in [1.29, 1.82) is 0 Å². The highest BCUT2D eigenvalue weighted by Gasteiger charge is 2.37. The molecule has 0 spiro atoms. The van der Waals surface area contributed by atoms with E-state index in [0.29, 0.717) is 6.61 Å². The van der Waals surface area contributed by atoms with Crippen LogP contribution in [-0.4, -0.2) is 12.5 Å². The van der Waals surface area contributed by atoms with Crippen LogP contribution in [0, 0.1) is 13.8 Å². The molecule has 3 aromatic rings. The summed E-state index contributed by atoms with van der Waals surface area (Å²) in [5.74, 6) is 0.803. The minimum atomic E-state index is -0.262. The first-order chi connectivity index (χ1) is 13.6. The summed E-state index contributed by atoms with van der Waals surface area (Å²) in [5.41, 5.74) is 6.00. The second-order valence-corrected chi connectivity index (χ2v) is 6.98. The standard InChI is InChI=1S/C24H24N2O2/c1-4-28-19-14-12-18(13-15-19)26-23(20-9-5-6-10-21(20)24(26)27)25-22-11-7-8-16(2)17(22)3/h5-15,23,25H,4H2,1-3H3. The second kappa shape index (κ2) is 7.39. The first-order valence-corrected chi connectivity index (χ1v) is 9.58. The monoisotopic (exact) mass is 372 g/mol. The molecule has 0 fully saturated rings. The summed E-state index contributed by atoms with van der Waals surface area (Å²) >= 11 is 0. The number of benzene rings is 3. The van der Waals surface area contributed by atoms with E-state index in [-0.39, 0.29) is 12.1 Å². The number of amides is 1. The van der Waals surface area contributed by atoms with Crippen molar-refractivity contribution in [2.75, 3.05) is 16.8 Å². The zero-order chi connectivity index (χ0) is 19.7. The Morgan fingerprint density at radius 1 is 0.964 bits per heavy atom. The molecule has 1 aliphatic rings. The number of carbonyl (C=O) groups is 1. The zero-order valence-corrected chi connectivity index (χ0v) is 16.4. The number of aryl methyl sites for hydroxylation is 1. The van der Waals surface area contributed by atoms with Crippen LogP contribution in [0.25, 0.3) is 0 Å². The quantitative estimate of drug-likeness (QED) is 0.645. The van der Waals surface area contributed by atoms with Gasteiger partial charge in [-0.05, 0) is 68.3 Å². The Morgan fingerprint density at radius 3 is 2.46 bits per heavy atom. The number of nitrogens with zero attached hydrogens (tertiary/aromatic N) is 1. The van der Waals surface area contributed by atoms with E-state index >= 15 is 0 Å². The molecular formula is C24H24N2O2. The van der Waals surface area contributed by atoms with Crippen LogP contribution in [-0.2, 0) is 0 Å². The van der Waals surface area contributed by atoms with Crippen molar-refractivity contribution in [1.82, 2.24) is 0 Å². The van der Waals surface area contributed by atoms with Gasteiger partial charge >= 0.3 is 0 Å². The van der Waals surface area contributed by atoms with E-state index in [1.54, 1.807) is 0 Å². The molecule has 3 aromatic carbocycles. The van der Waals surface area contributed by atoms with Crippen LogP contribution < -0.4 is 15.0 Å². The van der Waals surface area contributed by atoms with Crippen molar-refractivity contribution in [2.24, 2.45) is 0 Å². The van der Waals surface area contributed by atoms with E-state index in [9.17, 15) is 4.79 Å². The molecule has 0 bridgehead atoms. The van der Waals surface area contributed by atoms with Gasteiger partial charge in [0.25, 0.3) is 5.91 Å². The third-order valence-corrected chi connectivity index (χ3v) is 5.29. The molecule has 4 heteroatoms. The van der Waals surface area contributed by atoms with Crippen LogP contribution in [0.1, 0.15) is 40.1 Å². The van der Waals surface area contributed by atoms with Crippen LogP contribution in [0.5, 0.6) is 5.75 Å². The molecule has 1 heterocycles. The number of hydrogen-bond donors (Lipinski definition) is 1. The predicted molar refractivity (Wildman–Crippen MR) is 113 cm³/mol. The number of ether oxygens (including phenoxy) is 1. The van der Waals surface area contributed by atoms with Crippen LogP contribution in [0.4, 0.5) is 11.4 Å². The number of hydrogen-bond acceptors (Lipinski definition) is 3. The summed E-state index contributed by atoms with van der Waals surface area (Å²) in [7, 11) is 0. The van der Waals surface area contributed by atoms with Gasteiger partial charge in [-0.1, -0.05) is 30.3 Å². The average molecular weight is 372 g/mol. The molecule has 0 saturated heterocycles. The lowest BCUT2D eigenvalue weighted by atomic mass is 10.1. The fraction of sp³-hybridized carbons (Fsp3) is 0.208. The third kappa shape index (κ3) is 3.11. The number of rotatable bonds is 5. The topological polar surface area (TPSA) is 41.6 Å². The SMILES string of the molecule is CCOc1ccc(N2C(=O)c3ccccc3C2Nc2cccc(C)c2C)cc1. The van der Waals surface area contributed by atoms with Gasteiger partial charge < -0.3 is 10.1 Å². The summed E-state index contributed by atoms with van der Waals surface area (Å²) in [5, 5.41) is 3.60. The highest BCUT2D eigenvalue weighted by atomic mass is 16.5. The van der Waals surface area contributed by atoms with Gasteiger partial charge in [-0.3, -0.25) is 9.69 Å². The number of carbonyl (C=O) groups excluding carboxylic acids is 1. The first-order valence-electron chi connectivity index (χ1n) is 9.58. The Kier molecular flexibility index (Phi) is 4.78. The molecule has 1 aliphatic heterocycles. The molecule has 1 atom stereocenters. The molecule has 0 aromatic heterocycles. The maximum Gasteiger partial charge on any atom is 0.260 e. The molecule has 1 amide bonds. The highest BCUT2D eigenvalue weighted by Crippen LogP contribution is 2.39. The Balaban J connectivity index is 1.75. The van der Waals surface area contributed by atoms with Gasteiger partial charge in [0.2, 0.25) is 0 Å². The Bertz CT molecular complexity index is 1010. The van der Waals surface area contributed by atoms with Crippen molar-refractivity contribution in [3.05, 3.63) is 89.0 Å². The van der Waals surface area contributed by atoms with Crippen molar-refractivity contribution < 1.29 is 9.53 Å². The lowest BCUT2D eigenvalue weighted by Gasteiger charge is -2.28. The molecule has 142 valence electrons. The van der Waals surface area contributed by atoms with Crippen molar-refractivity contribution >= 4 is 17.3 Å². The molecular weight excluding hydrogens is 348 g/mol. The summed E-state index contributed by atoms with van der Waals surface area (Å²) in [6, 6.07) is 21.7. The lowest BCUT2D eigenvalue weighted by molar-refractivity contribution is 0.0993. The summed E-state index contributed by atoms with van der Waals surface area (Å²) in [4.78, 5) is 15.0. The predicted octanol–water partition coefficient (Wildman–Crippen LogP) is 5.47. The molecule has 4 nitrogen and oxygen atoms in total. The van der Waals surface area contributed by atoms with Gasteiger partial charge in [-0.2, -0.15) is 0 Å². The van der Waals surface area contributed by atoms with Gasteiger partial charge in [0.1, 0.15) is 11.9 Å². The highest BCUT2D eigenvalue weighted by molar-refractivity contribution is 6.11. The average Bonchev–Trinajstić information content (AvgIpc) is 2.99. The van der Waals surface area contributed by atoms with E-state index in [1.165, 1.54) is 11.1 Å². The van der Waals surface area contributed by atoms with E-state index < -0.39 is 0 Å². The van der Waals surface area contributed by atoms with Gasteiger partial charge in [-0.15, -0.1) is 0 Å². The van der Waals surface area contributed by atoms with Crippen LogP contribution in [0.3, 0.4) is 0 Å². The van der Waals surface area contributed by atoms with Crippen LogP contribution in [0.15, 0.2) is 66.7 Å². The number of fused-ring (bicyclic) bond motifs is 1. The minimum absolute atomic E-state index is 0.00238. The number of nitrogens with one attached hydrogen (secondary N) is 1. The number of anilines is 2. The second-order valence-electron chi connectivity index (χ2n) is 6.98. The Hall–Kier alpha value is -3.27. The van der Waals surface area contributed by atoms with E-state index in [4.69, 9.17) is 4.74 Å². The maximum absolute atomic E-state index is 13.2. The third-order valence-electron chi connectivity index (χ3n) is 5.29. The molecule has 4 rings (SSSR count). The van der Waals surface area contributed by atoms with Gasteiger partial charge in [-0.25, -0.2) is 0 Å². The van der Waals surface area contributed by atoms with Crippen LogP contribution >= 0.6 is 0 Å². The lowest BCUT2D eigenvalue weighted by Crippen LogP contribution is -2.32. The Morgan fingerprint density at radius 2 is 1.71 bits per heavy atom. The fourth-order valence-electron chi connectivity index (χ4n) is 3.65. The maximum atomic E-state index is 13.2. The molecule has 1 N–H and O–H groups in total. The van der Waals surface area contributed by atoms with Crippen molar-refractivity contribution in [3.63, 3.8) is 0 Å². The Labute approximate surface area is 165 Å². The zero-order valence-electron chi connectivity index (χ0n) is 16.4. The largest absolute Gasteiger partial charge is 0.494 e. The van der Waals surface area contributed by atoms with E-state index in [1.807, 2.05) is 66.4 Å². The van der Waals surface area contributed by atoms with Crippen molar-refractivity contribution in [2.45, 2.75) is 26.9 Å². The summed E-state index contributed by atoms with van der Waals surface area (Å²) < 4.78 is 5.54. The van der Waals surface area contributed by atoms with E-state index in [2.05, 4.69) is 31.3 Å². The van der Waals surface area contributed by atoms with E-state index in [0.717, 1.165) is 28.3 Å². The van der Waals surface area contributed by atoms with Gasteiger partial charge in [0.05, 0.1) is 6.61 Å². The van der Waals surface area contributed by atoms with Gasteiger partial charge in [0.15, 0.2) is 0 Å². The summed E-state index contributed by atoms with van der Waals surface area (Å²) in [6.07, 6.45) is -0.262. The van der Waals surface area contributed by atoms with Crippen molar-refractivity contribution in [3.8, 4) is 5.75 Å².